The van der Waals surface area contributed by atoms with E-state index in [9.17, 15) is 4.39 Å². The first kappa shape index (κ1) is 22.2. The van der Waals surface area contributed by atoms with Gasteiger partial charge in [0.25, 0.3) is 0 Å². The van der Waals surface area contributed by atoms with Crippen LogP contribution in [0, 0.1) is 0 Å². The summed E-state index contributed by atoms with van der Waals surface area (Å²) in [6.07, 6.45) is -0.246. The summed E-state index contributed by atoms with van der Waals surface area (Å²) in [5.74, 6) is 0.124. The molecule has 0 amide bonds. The average molecular weight is 447 g/mol. The van der Waals surface area contributed by atoms with Gasteiger partial charge in [0.15, 0.2) is 8.07 Å². The van der Waals surface area contributed by atoms with Crippen LogP contribution in [0.2, 0.25) is 18.1 Å². The molecule has 3 aromatic rings. The van der Waals surface area contributed by atoms with E-state index in [1.807, 2.05) is 18.2 Å². The summed E-state index contributed by atoms with van der Waals surface area (Å²) in [5.41, 5.74) is 0.266. The van der Waals surface area contributed by atoms with Crippen LogP contribution in [0.3, 0.4) is 0 Å². The third-order valence-corrected chi connectivity index (χ3v) is 8.34. The number of allylic oxidation sites excluding steroid dienone is 1. The van der Waals surface area contributed by atoms with Gasteiger partial charge in [-0.2, -0.15) is 0 Å². The first-order valence-electron chi connectivity index (χ1n) is 9.52. The van der Waals surface area contributed by atoms with Crippen molar-refractivity contribution in [2.75, 3.05) is 0 Å². The molecule has 0 atom stereocenters. The van der Waals surface area contributed by atoms with Crippen molar-refractivity contribution in [1.82, 2.24) is 0 Å². The highest BCUT2D eigenvalue weighted by atomic mass is 35.5. The van der Waals surface area contributed by atoms with E-state index < -0.39 is 26.0 Å². The number of benzene rings is 3. The molecule has 3 aromatic carbocycles. The topological polar surface area (TPSA) is 9.23 Å². The van der Waals surface area contributed by atoms with E-state index in [1.54, 1.807) is 67.7 Å². The van der Waals surface area contributed by atoms with E-state index in [0.29, 0.717) is 32.8 Å². The quantitative estimate of drug-likeness (QED) is 0.342. The van der Waals surface area contributed by atoms with E-state index in [0.717, 1.165) is 0 Å². The fraction of sp³-hybridized carbons (Fsp3) is 0.167. The van der Waals surface area contributed by atoms with Gasteiger partial charge in [-0.25, -0.2) is 13.2 Å². The lowest BCUT2D eigenvalue weighted by Gasteiger charge is -2.22. The van der Waals surface area contributed by atoms with Crippen LogP contribution in [0.1, 0.15) is 11.1 Å². The summed E-state index contributed by atoms with van der Waals surface area (Å²) in [4.78, 5) is 0. The van der Waals surface area contributed by atoms with Crippen LogP contribution in [-0.2, 0) is 13.1 Å². The van der Waals surface area contributed by atoms with Crippen molar-refractivity contribution in [2.45, 2.75) is 26.2 Å². The summed E-state index contributed by atoms with van der Waals surface area (Å²) in [6, 6.07) is 20.5. The third-order valence-electron chi connectivity index (χ3n) is 4.96. The zero-order valence-corrected chi connectivity index (χ0v) is 18.5. The molecular formula is C24H22ClF3OSi. The zero-order chi connectivity index (χ0) is 21.7. The van der Waals surface area contributed by atoms with Crippen molar-refractivity contribution in [3.63, 3.8) is 0 Å². The van der Waals surface area contributed by atoms with Crippen molar-refractivity contribution in [1.29, 1.82) is 0 Å². The Morgan fingerprint density at radius 2 is 1.60 bits per heavy atom. The standard InChI is InChI=1S/C24H22ClF3OSi/c1-30(2,21-12-8-17(16-26)9-13-21)24(28)22(27)14-18-10-11-19(25)15-23(18)29-20-6-4-3-5-7-20/h3-13,15H,14,16H2,1-2H3. The van der Waals surface area contributed by atoms with E-state index in [4.69, 9.17) is 16.3 Å². The Morgan fingerprint density at radius 3 is 2.23 bits per heavy atom. The lowest BCUT2D eigenvalue weighted by atomic mass is 10.1. The van der Waals surface area contributed by atoms with E-state index in [2.05, 4.69) is 0 Å². The molecule has 6 heteroatoms. The van der Waals surface area contributed by atoms with Gasteiger partial charge in [-0.15, -0.1) is 0 Å². The molecule has 30 heavy (non-hydrogen) atoms. The summed E-state index contributed by atoms with van der Waals surface area (Å²) in [7, 11) is -2.89. The van der Waals surface area contributed by atoms with E-state index >= 15 is 8.78 Å². The second-order valence-electron chi connectivity index (χ2n) is 7.52. The molecule has 0 saturated heterocycles. The van der Waals surface area contributed by atoms with Crippen molar-refractivity contribution >= 4 is 24.9 Å². The van der Waals surface area contributed by atoms with E-state index in [1.165, 1.54) is 0 Å². The Labute approximate surface area is 180 Å². The number of rotatable bonds is 7. The molecule has 0 heterocycles. The summed E-state index contributed by atoms with van der Waals surface area (Å²) < 4.78 is 48.8. The number of ether oxygens (including phenoxy) is 1. The minimum Gasteiger partial charge on any atom is -0.457 e. The Kier molecular flexibility index (Phi) is 7.05. The fourth-order valence-corrected chi connectivity index (χ4v) is 5.29. The largest absolute Gasteiger partial charge is 0.457 e. The molecule has 1 nitrogen and oxygen atoms in total. The maximum atomic E-state index is 15.2. The van der Waals surface area contributed by atoms with Crippen LogP contribution in [-0.4, -0.2) is 8.07 Å². The molecule has 0 aliphatic heterocycles. The zero-order valence-electron chi connectivity index (χ0n) is 16.8. The van der Waals surface area contributed by atoms with Gasteiger partial charge in [0.05, 0.1) is 0 Å². The van der Waals surface area contributed by atoms with Crippen molar-refractivity contribution in [2.24, 2.45) is 0 Å². The minimum atomic E-state index is -2.89. The monoisotopic (exact) mass is 446 g/mol. The van der Waals surface area contributed by atoms with Crippen molar-refractivity contribution in [3.05, 3.63) is 100 Å². The molecule has 0 aromatic heterocycles. The second kappa shape index (κ2) is 9.54. The normalized spacial score (nSPS) is 12.5. The number of hydrogen-bond donors (Lipinski definition) is 0. The van der Waals surface area contributed by atoms with E-state index in [-0.39, 0.29) is 6.42 Å². The minimum absolute atomic E-state index is 0.246. The van der Waals surface area contributed by atoms with Gasteiger partial charge in [0, 0.05) is 17.0 Å². The highest BCUT2D eigenvalue weighted by Gasteiger charge is 2.32. The lowest BCUT2D eigenvalue weighted by molar-refractivity contribution is 0.472. The Bertz CT molecular complexity index is 1030. The number of para-hydroxylation sites is 1. The van der Waals surface area contributed by atoms with Gasteiger partial charge in [-0.05, 0) is 29.8 Å². The maximum absolute atomic E-state index is 15.2. The third kappa shape index (κ3) is 5.15. The molecule has 0 bridgehead atoms. The van der Waals surface area contributed by atoms with Gasteiger partial charge in [0.2, 0.25) is 0 Å². The van der Waals surface area contributed by atoms with Crippen LogP contribution >= 0.6 is 11.6 Å². The molecule has 0 aliphatic rings. The SMILES string of the molecule is C[Si](C)(C(F)=C(F)Cc1ccc(Cl)cc1Oc1ccccc1)c1ccc(CF)cc1. The molecule has 0 saturated carbocycles. The lowest BCUT2D eigenvalue weighted by Crippen LogP contribution is -2.43. The highest BCUT2D eigenvalue weighted by molar-refractivity contribution is 6.95. The predicted octanol–water partition coefficient (Wildman–Crippen LogP) is 7.45. The fourth-order valence-electron chi connectivity index (χ4n) is 3.11. The van der Waals surface area contributed by atoms with Gasteiger partial charge in [-0.3, -0.25) is 0 Å². The molecule has 0 unspecified atom stereocenters. The van der Waals surface area contributed by atoms with Crippen LogP contribution < -0.4 is 9.92 Å². The molecule has 3 rings (SSSR count). The predicted molar refractivity (Wildman–Crippen MR) is 119 cm³/mol. The van der Waals surface area contributed by atoms with Gasteiger partial charge in [0.1, 0.15) is 29.5 Å². The van der Waals surface area contributed by atoms with Gasteiger partial charge >= 0.3 is 0 Å². The number of halogens is 4. The first-order valence-corrected chi connectivity index (χ1v) is 12.9. The molecule has 0 radical (unpaired) electrons. The average Bonchev–Trinajstić information content (AvgIpc) is 2.75. The molecule has 0 aliphatic carbocycles. The summed E-state index contributed by atoms with van der Waals surface area (Å²) >= 11 is 6.08. The van der Waals surface area contributed by atoms with Crippen LogP contribution in [0.15, 0.2) is 84.1 Å². The molecular weight excluding hydrogens is 425 g/mol. The van der Waals surface area contributed by atoms with Crippen LogP contribution in [0.4, 0.5) is 13.2 Å². The number of alkyl halides is 1. The Morgan fingerprint density at radius 1 is 0.933 bits per heavy atom. The summed E-state index contributed by atoms with van der Waals surface area (Å²) in [5, 5.41) is 1.14. The van der Waals surface area contributed by atoms with Gasteiger partial charge in [-0.1, -0.05) is 78.4 Å². The smallest absolute Gasteiger partial charge is 0.151 e. The Hall–Kier alpha value is -2.50. The maximum Gasteiger partial charge on any atom is 0.151 e. The number of hydrogen-bond acceptors (Lipinski definition) is 1. The molecule has 156 valence electrons. The van der Waals surface area contributed by atoms with Gasteiger partial charge < -0.3 is 4.74 Å². The van der Waals surface area contributed by atoms with Crippen molar-refractivity contribution < 1.29 is 17.9 Å². The summed E-state index contributed by atoms with van der Waals surface area (Å²) in [6.45, 7) is 2.88. The molecule has 0 N–H and O–H groups in total. The highest BCUT2D eigenvalue weighted by Crippen LogP contribution is 2.32. The molecule has 0 fully saturated rings. The van der Waals surface area contributed by atoms with Crippen LogP contribution in [0.5, 0.6) is 11.5 Å². The van der Waals surface area contributed by atoms with Crippen LogP contribution in [0.25, 0.3) is 0 Å². The first-order chi connectivity index (χ1) is 14.3. The molecule has 0 spiro atoms. The Balaban J connectivity index is 1.89. The second-order valence-corrected chi connectivity index (χ2v) is 12.2. The van der Waals surface area contributed by atoms with Crippen molar-refractivity contribution in [3.8, 4) is 11.5 Å².